The van der Waals surface area contributed by atoms with Gasteiger partial charge in [0.25, 0.3) is 0 Å². The molecule has 3 amide bonds. The van der Waals surface area contributed by atoms with E-state index in [1.165, 1.54) is 31.3 Å². The molecule has 1 atom stereocenters. The number of aliphatic carboxylic acids is 1. The van der Waals surface area contributed by atoms with Crippen LogP contribution in [0.3, 0.4) is 0 Å². The summed E-state index contributed by atoms with van der Waals surface area (Å²) in [5.74, 6) is -1.34. The van der Waals surface area contributed by atoms with Crippen molar-refractivity contribution in [2.24, 2.45) is 0 Å². The minimum Gasteiger partial charge on any atom is -0.479 e. The van der Waals surface area contributed by atoms with Crippen LogP contribution >= 0.6 is 0 Å². The number of nitrogens with zero attached hydrogens (tertiary/aromatic N) is 3. The summed E-state index contributed by atoms with van der Waals surface area (Å²) in [4.78, 5) is 56.7. The Labute approximate surface area is 331 Å². The highest BCUT2D eigenvalue weighted by Crippen LogP contribution is 2.32. The number of pyridine rings is 1. The van der Waals surface area contributed by atoms with Crippen LogP contribution in [0.25, 0.3) is 10.8 Å². The van der Waals surface area contributed by atoms with E-state index in [0.717, 1.165) is 21.6 Å². The lowest BCUT2D eigenvalue weighted by molar-refractivity contribution is -0.138. The maximum absolute atomic E-state index is 13.3. The van der Waals surface area contributed by atoms with Gasteiger partial charge in [0.2, 0.25) is 0 Å². The van der Waals surface area contributed by atoms with Crippen molar-refractivity contribution in [3.05, 3.63) is 88.6 Å². The number of carboxylic acids is 1. The fourth-order valence-electron chi connectivity index (χ4n) is 5.86. The number of hydrogen-bond donors (Lipinski definition) is 3. The number of nitriles is 1. The third kappa shape index (κ3) is 11.2. The Morgan fingerprint density at radius 2 is 1.49 bits per heavy atom. The predicted octanol–water partition coefficient (Wildman–Crippen LogP) is 8.22. The number of rotatable bonds is 11. The van der Waals surface area contributed by atoms with Gasteiger partial charge in [-0.25, -0.2) is 32.6 Å². The monoisotopic (exact) mass is 801 g/mol. The molecular weight excluding hydrogens is 755 g/mol. The highest BCUT2D eigenvalue weighted by molar-refractivity contribution is 7.91. The van der Waals surface area contributed by atoms with Gasteiger partial charge in [-0.2, -0.15) is 10.2 Å². The predicted molar refractivity (Wildman–Crippen MR) is 214 cm³/mol. The standard InChI is InChI=1S/C41H47N5O10S/c1-10-57(52,53)33-14-12-30(22-28(33)23-42)45-37(49)54-18-16-31-24(2)19-27(20-25(31)3)34(36(47)48)44-29-11-13-32-26(21-29)15-17-43-35(32)46(38(50)55-40(4,5)6)39(51)56-41(7,8)9/h11-15,17,19-22,34,44H,10,16,18H2,1-9H3,(H,45,49)(H,47,48). The summed E-state index contributed by atoms with van der Waals surface area (Å²) < 4.78 is 40.9. The Morgan fingerprint density at radius 1 is 0.895 bits per heavy atom. The average Bonchev–Trinajstić information content (AvgIpc) is 3.09. The molecule has 4 rings (SSSR count). The molecule has 302 valence electrons. The van der Waals surface area contributed by atoms with Crippen molar-refractivity contribution in [2.45, 2.75) is 90.9 Å². The molecular formula is C41H47N5O10S. The van der Waals surface area contributed by atoms with Crippen molar-refractivity contribution in [3.8, 4) is 6.07 Å². The number of imide groups is 1. The Kier molecular flexibility index (Phi) is 13.2. The number of sulfone groups is 1. The second-order valence-corrected chi connectivity index (χ2v) is 17.4. The third-order valence-corrected chi connectivity index (χ3v) is 10.1. The summed E-state index contributed by atoms with van der Waals surface area (Å²) in [7, 11) is -3.63. The molecule has 15 nitrogen and oxygen atoms in total. The van der Waals surface area contributed by atoms with Crippen molar-refractivity contribution in [1.29, 1.82) is 5.26 Å². The summed E-state index contributed by atoms with van der Waals surface area (Å²) in [6, 6.07) is 14.6. The number of nitrogens with one attached hydrogen (secondary N) is 2. The van der Waals surface area contributed by atoms with Crippen LogP contribution < -0.4 is 15.5 Å². The quantitative estimate of drug-likeness (QED) is 0.122. The number of aryl methyl sites for hydroxylation is 2. The number of ether oxygens (including phenoxy) is 3. The zero-order valence-corrected chi connectivity index (χ0v) is 34.2. The molecule has 0 aliphatic rings. The van der Waals surface area contributed by atoms with E-state index < -0.39 is 51.3 Å². The topological polar surface area (TPSA) is 214 Å². The van der Waals surface area contributed by atoms with E-state index in [9.17, 15) is 38.0 Å². The molecule has 16 heteroatoms. The van der Waals surface area contributed by atoms with E-state index in [0.29, 0.717) is 28.4 Å². The van der Waals surface area contributed by atoms with Gasteiger partial charge in [-0.3, -0.25) is 5.32 Å². The molecule has 1 unspecified atom stereocenters. The molecule has 0 saturated carbocycles. The van der Waals surface area contributed by atoms with Crippen LogP contribution in [0.2, 0.25) is 0 Å². The lowest BCUT2D eigenvalue weighted by Gasteiger charge is -2.28. The SMILES string of the molecule is CCS(=O)(=O)c1ccc(NC(=O)OCCc2c(C)cc(C(Nc3ccc4c(N(C(=O)OC(C)(C)C)C(=O)OC(C)(C)C)nccc4c3)C(=O)O)cc2C)cc1C#N. The number of fused-ring (bicyclic) bond motifs is 1. The first-order chi connectivity index (χ1) is 26.5. The van der Waals surface area contributed by atoms with Crippen molar-refractivity contribution >= 4 is 62.1 Å². The Morgan fingerprint density at radius 3 is 2.04 bits per heavy atom. The number of benzene rings is 3. The molecule has 3 N–H and O–H groups in total. The van der Waals surface area contributed by atoms with Gasteiger partial charge in [0.05, 0.1) is 22.8 Å². The fraction of sp³-hybridized carbons (Fsp3) is 0.366. The fourth-order valence-corrected chi connectivity index (χ4v) is 6.88. The van der Waals surface area contributed by atoms with Gasteiger partial charge >= 0.3 is 24.2 Å². The molecule has 57 heavy (non-hydrogen) atoms. The highest BCUT2D eigenvalue weighted by atomic mass is 32.2. The molecule has 0 bridgehead atoms. The van der Waals surface area contributed by atoms with Crippen LogP contribution in [0.5, 0.6) is 0 Å². The Balaban J connectivity index is 1.51. The number of amides is 3. The number of carbonyl (C=O) groups is 4. The molecule has 3 aromatic carbocycles. The number of hydrogen-bond acceptors (Lipinski definition) is 12. The van der Waals surface area contributed by atoms with Gasteiger partial charge in [0.15, 0.2) is 21.7 Å². The molecule has 1 heterocycles. The van der Waals surface area contributed by atoms with Gasteiger partial charge in [-0.1, -0.05) is 19.1 Å². The maximum Gasteiger partial charge on any atom is 0.425 e. The first-order valence-electron chi connectivity index (χ1n) is 18.0. The summed E-state index contributed by atoms with van der Waals surface area (Å²) in [5, 5.41) is 26.3. The van der Waals surface area contributed by atoms with Crippen LogP contribution in [0, 0.1) is 25.2 Å². The van der Waals surface area contributed by atoms with Crippen molar-refractivity contribution in [3.63, 3.8) is 0 Å². The lowest BCUT2D eigenvalue weighted by Crippen LogP contribution is -2.44. The number of carboxylic acid groups (broad SMARTS) is 1. The van der Waals surface area contributed by atoms with Crippen molar-refractivity contribution in [1.82, 2.24) is 4.98 Å². The van der Waals surface area contributed by atoms with Crippen molar-refractivity contribution < 1.29 is 46.9 Å². The maximum atomic E-state index is 13.3. The average molecular weight is 802 g/mol. The van der Waals surface area contributed by atoms with Gasteiger partial charge in [-0.15, -0.1) is 0 Å². The van der Waals surface area contributed by atoms with E-state index in [1.807, 2.05) is 19.9 Å². The first kappa shape index (κ1) is 43.5. The molecule has 0 fully saturated rings. The molecule has 0 aliphatic heterocycles. The number of carbonyl (C=O) groups excluding carboxylic acids is 3. The molecule has 4 aromatic rings. The summed E-state index contributed by atoms with van der Waals surface area (Å²) in [5.41, 5.74) is 1.56. The largest absolute Gasteiger partial charge is 0.479 e. The normalized spacial score (nSPS) is 12.2. The molecule has 0 saturated heterocycles. The second-order valence-electron chi connectivity index (χ2n) is 15.2. The lowest BCUT2D eigenvalue weighted by atomic mass is 9.94. The van der Waals surface area contributed by atoms with Gasteiger partial charge in [-0.05, 0) is 125 Å². The molecule has 0 spiro atoms. The van der Waals surface area contributed by atoms with E-state index >= 15 is 0 Å². The Bertz CT molecular complexity index is 2310. The number of anilines is 3. The number of aromatic nitrogens is 1. The minimum absolute atomic E-state index is 0.0197. The molecule has 1 aromatic heterocycles. The third-order valence-electron chi connectivity index (χ3n) is 8.36. The highest BCUT2D eigenvalue weighted by Gasteiger charge is 2.35. The van der Waals surface area contributed by atoms with E-state index in [1.54, 1.807) is 77.9 Å². The molecule has 0 aliphatic carbocycles. The van der Waals surface area contributed by atoms with Crippen LogP contribution in [0.1, 0.15) is 82.3 Å². The Hall–Kier alpha value is -6.21. The zero-order valence-electron chi connectivity index (χ0n) is 33.3. The second kappa shape index (κ2) is 17.3. The smallest absolute Gasteiger partial charge is 0.425 e. The first-order valence-corrected chi connectivity index (χ1v) is 19.6. The van der Waals surface area contributed by atoms with Gasteiger partial charge < -0.3 is 24.6 Å². The molecule has 0 radical (unpaired) electrons. The van der Waals surface area contributed by atoms with Gasteiger partial charge in [0, 0.05) is 29.4 Å². The summed E-state index contributed by atoms with van der Waals surface area (Å²) in [6.45, 7) is 15.1. The van der Waals surface area contributed by atoms with Crippen LogP contribution in [-0.2, 0) is 35.3 Å². The summed E-state index contributed by atoms with van der Waals surface area (Å²) in [6.07, 6.45) is -1.01. The minimum atomic E-state index is -3.63. The van der Waals surface area contributed by atoms with Gasteiger partial charge in [0.1, 0.15) is 17.3 Å². The van der Waals surface area contributed by atoms with E-state index in [-0.39, 0.29) is 34.3 Å². The van der Waals surface area contributed by atoms with Crippen LogP contribution in [0.15, 0.2) is 65.7 Å². The van der Waals surface area contributed by atoms with E-state index in [2.05, 4.69) is 15.6 Å². The summed E-state index contributed by atoms with van der Waals surface area (Å²) >= 11 is 0. The van der Waals surface area contributed by atoms with E-state index in [4.69, 9.17) is 14.2 Å². The van der Waals surface area contributed by atoms with Crippen molar-refractivity contribution in [2.75, 3.05) is 27.9 Å². The van der Waals surface area contributed by atoms with Crippen LogP contribution in [-0.4, -0.2) is 66.3 Å². The van der Waals surface area contributed by atoms with Crippen LogP contribution in [0.4, 0.5) is 31.6 Å². The zero-order chi connectivity index (χ0) is 42.5.